The fourth-order valence-corrected chi connectivity index (χ4v) is 4.77. The Bertz CT molecular complexity index is 993. The zero-order chi connectivity index (χ0) is 21.1. The summed E-state index contributed by atoms with van der Waals surface area (Å²) in [6, 6.07) is 10.0. The lowest BCUT2D eigenvalue weighted by Gasteiger charge is -2.24. The monoisotopic (exact) mass is 436 g/mol. The second-order valence-corrected chi connectivity index (χ2v) is 8.18. The summed E-state index contributed by atoms with van der Waals surface area (Å²) in [5, 5.41) is 3.03. The summed E-state index contributed by atoms with van der Waals surface area (Å²) >= 11 is 1.55. The lowest BCUT2D eigenvalue weighted by atomic mass is 10.1. The third-order valence-electron chi connectivity index (χ3n) is 5.11. The number of methoxy groups -OCH3 is 1. The molecule has 0 aliphatic carbocycles. The van der Waals surface area contributed by atoms with Gasteiger partial charge in [-0.2, -0.15) is 13.2 Å². The number of fused-ring (bicyclic) bond motifs is 1. The largest absolute Gasteiger partial charge is 0.401 e. The molecular weight excluding hydrogens is 413 g/mol. The maximum atomic E-state index is 12.8. The summed E-state index contributed by atoms with van der Waals surface area (Å²) in [6.45, 7) is 1.31. The van der Waals surface area contributed by atoms with Gasteiger partial charge < -0.3 is 9.64 Å². The second kappa shape index (κ2) is 8.87. The molecule has 0 unspecified atom stereocenters. The van der Waals surface area contributed by atoms with Gasteiger partial charge in [-0.25, -0.2) is 9.97 Å². The van der Waals surface area contributed by atoms with Crippen molar-refractivity contribution in [2.75, 3.05) is 44.7 Å². The number of rotatable bonds is 5. The van der Waals surface area contributed by atoms with Crippen molar-refractivity contribution in [2.45, 2.75) is 19.2 Å². The van der Waals surface area contributed by atoms with Crippen LogP contribution in [0.25, 0.3) is 21.3 Å². The molecule has 4 rings (SSSR count). The maximum Gasteiger partial charge on any atom is 0.401 e. The molecule has 3 aromatic rings. The summed E-state index contributed by atoms with van der Waals surface area (Å²) in [4.78, 5) is 13.9. The molecule has 9 heteroatoms. The molecule has 1 saturated heterocycles. The van der Waals surface area contributed by atoms with Crippen LogP contribution in [0.3, 0.4) is 0 Å². The third kappa shape index (κ3) is 4.74. The third-order valence-corrected chi connectivity index (χ3v) is 5.98. The molecule has 0 N–H and O–H groups in total. The zero-order valence-electron chi connectivity index (χ0n) is 16.7. The number of benzene rings is 1. The predicted molar refractivity (Wildman–Crippen MR) is 113 cm³/mol. The van der Waals surface area contributed by atoms with Crippen molar-refractivity contribution in [1.29, 1.82) is 0 Å². The molecule has 160 valence electrons. The molecule has 1 fully saturated rings. The van der Waals surface area contributed by atoms with Crippen molar-refractivity contribution in [3.63, 3.8) is 0 Å². The van der Waals surface area contributed by atoms with Gasteiger partial charge in [-0.3, -0.25) is 4.90 Å². The summed E-state index contributed by atoms with van der Waals surface area (Å²) < 4.78 is 43.8. The van der Waals surface area contributed by atoms with E-state index in [4.69, 9.17) is 9.72 Å². The molecule has 0 saturated carbocycles. The van der Waals surface area contributed by atoms with Crippen LogP contribution in [0.15, 0.2) is 35.7 Å². The van der Waals surface area contributed by atoms with Gasteiger partial charge in [-0.15, -0.1) is 11.3 Å². The molecule has 0 bridgehead atoms. The normalized spacial score (nSPS) is 16.2. The summed E-state index contributed by atoms with van der Waals surface area (Å²) in [5.41, 5.74) is 2.12. The fourth-order valence-electron chi connectivity index (χ4n) is 3.81. The van der Waals surface area contributed by atoms with E-state index in [0.717, 1.165) is 27.2 Å². The van der Waals surface area contributed by atoms with Crippen LogP contribution < -0.4 is 4.90 Å². The molecule has 0 atom stereocenters. The van der Waals surface area contributed by atoms with Crippen LogP contribution in [-0.4, -0.2) is 60.9 Å². The first-order valence-corrected chi connectivity index (χ1v) is 10.7. The maximum absolute atomic E-state index is 12.8. The van der Waals surface area contributed by atoms with E-state index in [2.05, 4.69) is 15.3 Å². The molecule has 1 aliphatic heterocycles. The lowest BCUT2D eigenvalue weighted by Crippen LogP contribution is -2.37. The van der Waals surface area contributed by atoms with Crippen LogP contribution in [0.4, 0.5) is 19.0 Å². The average molecular weight is 437 g/mol. The van der Waals surface area contributed by atoms with Crippen LogP contribution in [0.1, 0.15) is 12.2 Å². The number of hydrogen-bond acceptors (Lipinski definition) is 6. The van der Waals surface area contributed by atoms with E-state index in [9.17, 15) is 13.2 Å². The Morgan fingerprint density at radius 2 is 1.87 bits per heavy atom. The van der Waals surface area contributed by atoms with E-state index in [0.29, 0.717) is 38.4 Å². The van der Waals surface area contributed by atoms with E-state index in [1.807, 2.05) is 30.3 Å². The van der Waals surface area contributed by atoms with Crippen molar-refractivity contribution in [3.8, 4) is 11.1 Å². The molecule has 1 aliphatic rings. The van der Waals surface area contributed by atoms with Crippen LogP contribution in [0, 0.1) is 0 Å². The SMILES string of the molecule is COCc1nc(N2CCCN(CC(F)(F)F)CC2)c2c(-c3ccccc3)csc2n1. The molecule has 0 radical (unpaired) electrons. The first-order valence-electron chi connectivity index (χ1n) is 9.81. The number of ether oxygens (including phenoxy) is 1. The molecule has 1 aromatic carbocycles. The van der Waals surface area contributed by atoms with Crippen LogP contribution in [0.5, 0.6) is 0 Å². The highest BCUT2D eigenvalue weighted by Crippen LogP contribution is 2.38. The highest BCUT2D eigenvalue weighted by atomic mass is 32.1. The van der Waals surface area contributed by atoms with Crippen LogP contribution >= 0.6 is 11.3 Å². The topological polar surface area (TPSA) is 41.5 Å². The van der Waals surface area contributed by atoms with Gasteiger partial charge in [0.05, 0.1) is 11.9 Å². The number of anilines is 1. The molecule has 5 nitrogen and oxygen atoms in total. The Morgan fingerprint density at radius 3 is 2.60 bits per heavy atom. The minimum Gasteiger partial charge on any atom is -0.377 e. The van der Waals surface area contributed by atoms with Gasteiger partial charge in [-0.05, 0) is 12.0 Å². The van der Waals surface area contributed by atoms with Crippen molar-refractivity contribution >= 4 is 27.4 Å². The number of halogens is 3. The summed E-state index contributed by atoms with van der Waals surface area (Å²) in [6.07, 6.45) is -3.54. The van der Waals surface area contributed by atoms with Gasteiger partial charge in [0.2, 0.25) is 0 Å². The van der Waals surface area contributed by atoms with E-state index in [1.54, 1.807) is 18.4 Å². The number of alkyl halides is 3. The zero-order valence-corrected chi connectivity index (χ0v) is 17.5. The first-order chi connectivity index (χ1) is 14.4. The highest BCUT2D eigenvalue weighted by molar-refractivity contribution is 7.17. The Morgan fingerprint density at radius 1 is 1.07 bits per heavy atom. The fraction of sp³-hybridized carbons (Fsp3) is 0.429. The summed E-state index contributed by atoms with van der Waals surface area (Å²) in [7, 11) is 1.60. The summed E-state index contributed by atoms with van der Waals surface area (Å²) in [5.74, 6) is 1.36. The highest BCUT2D eigenvalue weighted by Gasteiger charge is 2.32. The Labute approximate surface area is 177 Å². The van der Waals surface area contributed by atoms with Gasteiger partial charge in [0.25, 0.3) is 0 Å². The first kappa shape index (κ1) is 21.0. The van der Waals surface area contributed by atoms with E-state index >= 15 is 0 Å². The smallest absolute Gasteiger partial charge is 0.377 e. The minimum absolute atomic E-state index is 0.287. The predicted octanol–water partition coefficient (Wildman–Crippen LogP) is 4.58. The number of hydrogen-bond donors (Lipinski definition) is 0. The number of thiophene rings is 1. The second-order valence-electron chi connectivity index (χ2n) is 7.32. The van der Waals surface area contributed by atoms with E-state index < -0.39 is 12.7 Å². The Balaban J connectivity index is 1.72. The van der Waals surface area contributed by atoms with Crippen LogP contribution in [0.2, 0.25) is 0 Å². The van der Waals surface area contributed by atoms with Gasteiger partial charge in [0, 0.05) is 44.2 Å². The lowest BCUT2D eigenvalue weighted by molar-refractivity contribution is -0.145. The van der Waals surface area contributed by atoms with E-state index in [-0.39, 0.29) is 6.61 Å². The number of aromatic nitrogens is 2. The molecule has 30 heavy (non-hydrogen) atoms. The van der Waals surface area contributed by atoms with Crippen molar-refractivity contribution < 1.29 is 17.9 Å². The van der Waals surface area contributed by atoms with Crippen molar-refractivity contribution in [1.82, 2.24) is 14.9 Å². The standard InChI is InChI=1S/C21H23F3N4OS/c1-29-12-17-25-19(28-9-5-8-27(10-11-28)14-21(22,23)24)18-16(13-30-20(18)26-17)15-6-3-2-4-7-15/h2-4,6-7,13H,5,8-12,14H2,1H3. The molecule has 0 spiro atoms. The van der Waals surface area contributed by atoms with Crippen molar-refractivity contribution in [2.24, 2.45) is 0 Å². The molecule has 2 aromatic heterocycles. The average Bonchev–Trinajstić information content (AvgIpc) is 3.00. The van der Waals surface area contributed by atoms with Gasteiger partial charge in [0.15, 0.2) is 5.82 Å². The minimum atomic E-state index is -4.18. The number of nitrogens with zero attached hydrogens (tertiary/aromatic N) is 4. The van der Waals surface area contributed by atoms with Gasteiger partial charge in [0.1, 0.15) is 17.3 Å². The Hall–Kier alpha value is -2.23. The quantitative estimate of drug-likeness (QED) is 0.586. The van der Waals surface area contributed by atoms with Gasteiger partial charge >= 0.3 is 6.18 Å². The van der Waals surface area contributed by atoms with Crippen LogP contribution in [-0.2, 0) is 11.3 Å². The van der Waals surface area contributed by atoms with Crippen molar-refractivity contribution in [3.05, 3.63) is 41.5 Å². The van der Waals surface area contributed by atoms with E-state index in [1.165, 1.54) is 4.90 Å². The van der Waals surface area contributed by atoms with Gasteiger partial charge in [-0.1, -0.05) is 30.3 Å². The molecular formula is C21H23F3N4OS. The Kier molecular flexibility index (Phi) is 6.21. The molecule has 3 heterocycles. The molecule has 0 amide bonds.